The van der Waals surface area contributed by atoms with Crippen LogP contribution in [0.1, 0.15) is 11.3 Å². The Morgan fingerprint density at radius 1 is 1.24 bits per heavy atom. The summed E-state index contributed by atoms with van der Waals surface area (Å²) in [6.07, 6.45) is 1.47. The molecule has 0 aliphatic carbocycles. The van der Waals surface area contributed by atoms with Crippen LogP contribution >= 0.6 is 0 Å². The summed E-state index contributed by atoms with van der Waals surface area (Å²) >= 11 is 0. The lowest BCUT2D eigenvalue weighted by Gasteiger charge is -2.06. The Morgan fingerprint density at radius 2 is 2.00 bits per heavy atom. The van der Waals surface area contributed by atoms with Gasteiger partial charge in [-0.15, -0.1) is 0 Å². The molecule has 0 saturated carbocycles. The van der Waals surface area contributed by atoms with Crippen molar-refractivity contribution in [3.8, 4) is 17.6 Å². The van der Waals surface area contributed by atoms with Crippen LogP contribution in [-0.4, -0.2) is 4.98 Å². The molecule has 0 radical (unpaired) electrons. The van der Waals surface area contributed by atoms with E-state index in [4.69, 9.17) is 10.00 Å². The summed E-state index contributed by atoms with van der Waals surface area (Å²) < 4.78 is 18.7. The minimum Gasteiger partial charge on any atom is -0.457 e. The van der Waals surface area contributed by atoms with Crippen molar-refractivity contribution in [2.45, 2.75) is 6.92 Å². The normalized spacial score (nSPS) is 9.71. The highest BCUT2D eigenvalue weighted by atomic mass is 19.1. The highest BCUT2D eigenvalue weighted by Gasteiger charge is 2.02. The van der Waals surface area contributed by atoms with Gasteiger partial charge >= 0.3 is 0 Å². The second kappa shape index (κ2) is 4.62. The van der Waals surface area contributed by atoms with Crippen molar-refractivity contribution >= 4 is 0 Å². The molecule has 0 aliphatic heterocycles. The molecule has 3 nitrogen and oxygen atoms in total. The van der Waals surface area contributed by atoms with Crippen LogP contribution in [0.2, 0.25) is 0 Å². The number of benzene rings is 1. The molecule has 2 aromatic rings. The lowest BCUT2D eigenvalue weighted by molar-refractivity contribution is 0.475. The van der Waals surface area contributed by atoms with Crippen molar-refractivity contribution in [1.29, 1.82) is 5.26 Å². The maximum absolute atomic E-state index is 13.3. The average molecular weight is 228 g/mol. The number of nitrogens with zero attached hydrogens (tertiary/aromatic N) is 2. The molecular weight excluding hydrogens is 219 g/mol. The zero-order chi connectivity index (χ0) is 12.3. The molecule has 0 amide bonds. The van der Waals surface area contributed by atoms with Gasteiger partial charge in [0.25, 0.3) is 0 Å². The van der Waals surface area contributed by atoms with Crippen molar-refractivity contribution in [2.24, 2.45) is 0 Å². The molecule has 0 aliphatic rings. The SMILES string of the molecule is Cc1ccc(Oc2ccnc(C#N)c2)cc1F. The highest BCUT2D eigenvalue weighted by molar-refractivity contribution is 5.35. The topological polar surface area (TPSA) is 45.9 Å². The molecule has 0 bridgehead atoms. The van der Waals surface area contributed by atoms with Crippen LogP contribution in [0.25, 0.3) is 0 Å². The van der Waals surface area contributed by atoms with Gasteiger partial charge in [-0.1, -0.05) is 6.07 Å². The third-order valence-electron chi connectivity index (χ3n) is 2.22. The van der Waals surface area contributed by atoms with Gasteiger partial charge in [0.05, 0.1) is 0 Å². The number of halogens is 1. The Morgan fingerprint density at radius 3 is 2.71 bits per heavy atom. The van der Waals surface area contributed by atoms with Gasteiger partial charge < -0.3 is 4.74 Å². The van der Waals surface area contributed by atoms with E-state index in [-0.39, 0.29) is 11.5 Å². The summed E-state index contributed by atoms with van der Waals surface area (Å²) in [5, 5.41) is 8.68. The molecule has 0 atom stereocenters. The van der Waals surface area contributed by atoms with E-state index in [0.717, 1.165) is 0 Å². The molecule has 1 aromatic heterocycles. The van der Waals surface area contributed by atoms with E-state index in [1.807, 2.05) is 6.07 Å². The number of ether oxygens (including phenoxy) is 1. The first-order valence-electron chi connectivity index (χ1n) is 4.99. The van der Waals surface area contributed by atoms with Crippen LogP contribution in [0, 0.1) is 24.1 Å². The maximum Gasteiger partial charge on any atom is 0.144 e. The van der Waals surface area contributed by atoms with E-state index in [0.29, 0.717) is 17.1 Å². The van der Waals surface area contributed by atoms with Gasteiger partial charge in [0.15, 0.2) is 0 Å². The van der Waals surface area contributed by atoms with Gasteiger partial charge in [-0.25, -0.2) is 9.37 Å². The lowest BCUT2D eigenvalue weighted by Crippen LogP contribution is -1.89. The van der Waals surface area contributed by atoms with E-state index in [1.54, 1.807) is 25.1 Å². The Kier molecular flexibility index (Phi) is 3.01. The molecule has 17 heavy (non-hydrogen) atoms. The van der Waals surface area contributed by atoms with Gasteiger partial charge in [0.1, 0.15) is 29.1 Å². The Hall–Kier alpha value is -2.41. The molecule has 1 heterocycles. The van der Waals surface area contributed by atoms with Gasteiger partial charge in [-0.3, -0.25) is 0 Å². The Bertz CT molecular complexity index is 590. The van der Waals surface area contributed by atoms with Crippen LogP contribution in [0.15, 0.2) is 36.5 Å². The zero-order valence-corrected chi connectivity index (χ0v) is 9.14. The fourth-order valence-electron chi connectivity index (χ4n) is 1.31. The predicted octanol–water partition coefficient (Wildman–Crippen LogP) is 3.19. The summed E-state index contributed by atoms with van der Waals surface area (Å²) in [6, 6.07) is 9.63. The van der Waals surface area contributed by atoms with E-state index in [9.17, 15) is 4.39 Å². The minimum atomic E-state index is -0.322. The van der Waals surface area contributed by atoms with Crippen LogP contribution < -0.4 is 4.74 Å². The molecule has 0 spiro atoms. The molecular formula is C13H9FN2O. The number of pyridine rings is 1. The summed E-state index contributed by atoms with van der Waals surface area (Å²) in [6.45, 7) is 1.68. The van der Waals surface area contributed by atoms with Crippen LogP contribution in [-0.2, 0) is 0 Å². The van der Waals surface area contributed by atoms with E-state index in [2.05, 4.69) is 4.98 Å². The number of hydrogen-bond donors (Lipinski definition) is 0. The average Bonchev–Trinajstić information content (AvgIpc) is 2.34. The third kappa shape index (κ3) is 2.58. The van der Waals surface area contributed by atoms with Crippen LogP contribution in [0.3, 0.4) is 0 Å². The molecule has 84 valence electrons. The summed E-state index contributed by atoms with van der Waals surface area (Å²) in [5.41, 5.74) is 0.819. The summed E-state index contributed by atoms with van der Waals surface area (Å²) in [4.78, 5) is 3.82. The molecule has 0 N–H and O–H groups in total. The lowest BCUT2D eigenvalue weighted by atomic mass is 10.2. The van der Waals surface area contributed by atoms with Gasteiger partial charge in [0.2, 0.25) is 0 Å². The quantitative estimate of drug-likeness (QED) is 0.792. The van der Waals surface area contributed by atoms with Gasteiger partial charge in [-0.05, 0) is 24.6 Å². The van der Waals surface area contributed by atoms with Crippen LogP contribution in [0.5, 0.6) is 11.5 Å². The first kappa shape index (κ1) is 11.1. The monoisotopic (exact) mass is 228 g/mol. The van der Waals surface area contributed by atoms with E-state index >= 15 is 0 Å². The Balaban J connectivity index is 2.25. The smallest absolute Gasteiger partial charge is 0.144 e. The van der Waals surface area contributed by atoms with Crippen molar-refractivity contribution in [2.75, 3.05) is 0 Å². The van der Waals surface area contributed by atoms with Crippen molar-refractivity contribution in [3.05, 3.63) is 53.6 Å². The fourth-order valence-corrected chi connectivity index (χ4v) is 1.31. The molecule has 4 heteroatoms. The van der Waals surface area contributed by atoms with Crippen molar-refractivity contribution < 1.29 is 9.13 Å². The highest BCUT2D eigenvalue weighted by Crippen LogP contribution is 2.23. The first-order chi connectivity index (χ1) is 8.19. The van der Waals surface area contributed by atoms with E-state index < -0.39 is 0 Å². The van der Waals surface area contributed by atoms with Gasteiger partial charge in [0, 0.05) is 18.3 Å². The number of aryl methyl sites for hydroxylation is 1. The Labute approximate surface area is 98.1 Å². The summed E-state index contributed by atoms with van der Waals surface area (Å²) in [5.74, 6) is 0.528. The number of aromatic nitrogens is 1. The van der Waals surface area contributed by atoms with Crippen molar-refractivity contribution in [3.63, 3.8) is 0 Å². The molecule has 0 fully saturated rings. The summed E-state index contributed by atoms with van der Waals surface area (Å²) in [7, 11) is 0. The van der Waals surface area contributed by atoms with Crippen LogP contribution in [0.4, 0.5) is 4.39 Å². The largest absolute Gasteiger partial charge is 0.457 e. The number of nitriles is 1. The molecule has 2 rings (SSSR count). The van der Waals surface area contributed by atoms with E-state index in [1.165, 1.54) is 18.3 Å². The first-order valence-corrected chi connectivity index (χ1v) is 4.99. The van der Waals surface area contributed by atoms with Crippen molar-refractivity contribution in [1.82, 2.24) is 4.98 Å². The second-order valence-electron chi connectivity index (χ2n) is 3.50. The predicted molar refractivity (Wildman–Crippen MR) is 60.2 cm³/mol. The second-order valence-corrected chi connectivity index (χ2v) is 3.50. The standard InChI is InChI=1S/C13H9FN2O/c1-9-2-3-11(7-13(9)14)17-12-4-5-16-10(6-12)8-15/h2-7H,1H3. The zero-order valence-electron chi connectivity index (χ0n) is 9.14. The number of hydrogen-bond acceptors (Lipinski definition) is 3. The third-order valence-corrected chi connectivity index (χ3v) is 2.22. The molecule has 0 unspecified atom stereocenters. The molecule has 1 aromatic carbocycles. The fraction of sp³-hybridized carbons (Fsp3) is 0.0769. The minimum absolute atomic E-state index is 0.259. The molecule has 0 saturated heterocycles. The van der Waals surface area contributed by atoms with Gasteiger partial charge in [-0.2, -0.15) is 5.26 Å². The number of rotatable bonds is 2. The maximum atomic E-state index is 13.3.